The van der Waals surface area contributed by atoms with Crippen LogP contribution in [0.25, 0.3) is 0 Å². The lowest BCUT2D eigenvalue weighted by Gasteiger charge is -2.36. The monoisotopic (exact) mass is 323 g/mol. The van der Waals surface area contributed by atoms with Gasteiger partial charge in [0, 0.05) is 44.0 Å². The van der Waals surface area contributed by atoms with Gasteiger partial charge in [-0.05, 0) is 48.6 Å². The lowest BCUT2D eigenvalue weighted by molar-refractivity contribution is 0.0313. The lowest BCUT2D eigenvalue weighted by atomic mass is 9.88. The molecule has 0 spiro atoms. The van der Waals surface area contributed by atoms with Crippen LogP contribution in [0, 0.1) is 0 Å². The summed E-state index contributed by atoms with van der Waals surface area (Å²) < 4.78 is 5.49. The zero-order valence-corrected chi connectivity index (χ0v) is 13.6. The van der Waals surface area contributed by atoms with Crippen LogP contribution < -0.4 is 5.32 Å². The van der Waals surface area contributed by atoms with Crippen LogP contribution >= 0.6 is 0 Å². The minimum Gasteiger partial charge on any atom is -0.381 e. The summed E-state index contributed by atoms with van der Waals surface area (Å²) in [5, 5.41) is 3.21. The molecule has 0 radical (unpaired) electrons. The van der Waals surface area contributed by atoms with Crippen molar-refractivity contribution in [3.63, 3.8) is 0 Å². The molecular formula is C19H21N3O2. The number of nitrogens with zero attached hydrogens (tertiary/aromatic N) is 2. The molecule has 2 aliphatic rings. The molecule has 0 unspecified atom stereocenters. The summed E-state index contributed by atoms with van der Waals surface area (Å²) in [5.41, 5.74) is 2.85. The molecular weight excluding hydrogens is 302 g/mol. The zero-order chi connectivity index (χ0) is 16.4. The Bertz CT molecular complexity index is 740. The maximum absolute atomic E-state index is 12.9. The average molecular weight is 323 g/mol. The summed E-state index contributed by atoms with van der Waals surface area (Å²) in [4.78, 5) is 21.7. The molecule has 0 atom stereocenters. The number of benzene rings is 1. The molecule has 1 aromatic heterocycles. The highest BCUT2D eigenvalue weighted by Crippen LogP contribution is 2.30. The summed E-state index contributed by atoms with van der Waals surface area (Å²) in [5.74, 6) is 0.613. The molecule has 1 aliphatic heterocycles. The first-order valence-electron chi connectivity index (χ1n) is 8.56. The topological polar surface area (TPSA) is 64.1 Å². The molecule has 1 N–H and O–H groups in total. The van der Waals surface area contributed by atoms with Crippen molar-refractivity contribution in [1.29, 1.82) is 0 Å². The van der Waals surface area contributed by atoms with Gasteiger partial charge in [0.25, 0.3) is 5.91 Å². The van der Waals surface area contributed by atoms with E-state index in [1.807, 2.05) is 12.1 Å². The summed E-state index contributed by atoms with van der Waals surface area (Å²) >= 11 is 0. The van der Waals surface area contributed by atoms with Gasteiger partial charge in [0.2, 0.25) is 0 Å². The standard InChI is InChI=1S/C19H21N3O2/c23-17(16-6-5-14-3-1-4-15(14)13-16)22-19(7-11-24-12-8-19)18-20-9-2-10-21-18/h2,5-6,9-10,13H,1,3-4,7-8,11-12H2,(H,22,23). The largest absolute Gasteiger partial charge is 0.381 e. The maximum atomic E-state index is 12.9. The van der Waals surface area contributed by atoms with Crippen LogP contribution in [-0.2, 0) is 23.1 Å². The first-order valence-corrected chi connectivity index (χ1v) is 8.56. The number of hydrogen-bond acceptors (Lipinski definition) is 4. The summed E-state index contributed by atoms with van der Waals surface area (Å²) in [6.07, 6.45) is 8.19. The molecule has 2 aromatic rings. The van der Waals surface area contributed by atoms with Gasteiger partial charge in [-0.25, -0.2) is 9.97 Å². The van der Waals surface area contributed by atoms with E-state index in [0.29, 0.717) is 31.9 Å². The number of rotatable bonds is 3. The van der Waals surface area contributed by atoms with Crippen molar-refractivity contribution < 1.29 is 9.53 Å². The van der Waals surface area contributed by atoms with E-state index in [1.165, 1.54) is 17.5 Å². The molecule has 124 valence electrons. The van der Waals surface area contributed by atoms with Gasteiger partial charge in [0.15, 0.2) is 5.82 Å². The summed E-state index contributed by atoms with van der Waals surface area (Å²) in [6.45, 7) is 1.20. The van der Waals surface area contributed by atoms with Gasteiger partial charge in [0.05, 0.1) is 0 Å². The highest BCUT2D eigenvalue weighted by atomic mass is 16.5. The van der Waals surface area contributed by atoms with Crippen molar-refractivity contribution >= 4 is 5.91 Å². The molecule has 0 bridgehead atoms. The number of aromatic nitrogens is 2. The molecule has 1 fully saturated rings. The fraction of sp³-hybridized carbons (Fsp3) is 0.421. The van der Waals surface area contributed by atoms with Gasteiger partial charge >= 0.3 is 0 Å². The molecule has 24 heavy (non-hydrogen) atoms. The molecule has 2 heterocycles. The smallest absolute Gasteiger partial charge is 0.252 e. The first-order chi connectivity index (χ1) is 11.8. The van der Waals surface area contributed by atoms with Crippen molar-refractivity contribution in [1.82, 2.24) is 15.3 Å². The van der Waals surface area contributed by atoms with Crippen LogP contribution in [0.5, 0.6) is 0 Å². The lowest BCUT2D eigenvalue weighted by Crippen LogP contribution is -2.50. The van der Waals surface area contributed by atoms with Crippen molar-refractivity contribution in [2.75, 3.05) is 13.2 Å². The number of fused-ring (bicyclic) bond motifs is 1. The fourth-order valence-electron chi connectivity index (χ4n) is 3.67. The van der Waals surface area contributed by atoms with Gasteiger partial charge in [-0.15, -0.1) is 0 Å². The van der Waals surface area contributed by atoms with Gasteiger partial charge in [-0.3, -0.25) is 4.79 Å². The molecule has 4 rings (SSSR count). The van der Waals surface area contributed by atoms with E-state index in [2.05, 4.69) is 21.4 Å². The van der Waals surface area contributed by atoms with Crippen LogP contribution in [0.2, 0.25) is 0 Å². The van der Waals surface area contributed by atoms with Gasteiger partial charge in [0.1, 0.15) is 5.54 Å². The number of aryl methyl sites for hydroxylation is 2. The van der Waals surface area contributed by atoms with E-state index in [1.54, 1.807) is 18.5 Å². The van der Waals surface area contributed by atoms with Crippen molar-refractivity contribution in [2.24, 2.45) is 0 Å². The van der Waals surface area contributed by atoms with Crippen LogP contribution in [-0.4, -0.2) is 29.1 Å². The Hall–Kier alpha value is -2.27. The second kappa shape index (κ2) is 6.32. The van der Waals surface area contributed by atoms with Gasteiger partial charge in [-0.2, -0.15) is 0 Å². The molecule has 0 saturated carbocycles. The second-order valence-corrected chi connectivity index (χ2v) is 6.56. The Morgan fingerprint density at radius 3 is 2.62 bits per heavy atom. The fourth-order valence-corrected chi connectivity index (χ4v) is 3.67. The summed E-state index contributed by atoms with van der Waals surface area (Å²) in [7, 11) is 0. The van der Waals surface area contributed by atoms with E-state index in [4.69, 9.17) is 4.74 Å². The van der Waals surface area contributed by atoms with Crippen LogP contribution in [0.3, 0.4) is 0 Å². The Kier molecular flexibility index (Phi) is 4.02. The van der Waals surface area contributed by atoms with Crippen molar-refractivity contribution in [2.45, 2.75) is 37.6 Å². The molecule has 1 saturated heterocycles. The number of ether oxygens (including phenoxy) is 1. The van der Waals surface area contributed by atoms with E-state index in [-0.39, 0.29) is 5.91 Å². The summed E-state index contributed by atoms with van der Waals surface area (Å²) in [6, 6.07) is 7.85. The third-order valence-corrected chi connectivity index (χ3v) is 5.05. The molecule has 1 aromatic carbocycles. The predicted molar refractivity (Wildman–Crippen MR) is 89.7 cm³/mol. The molecule has 5 heteroatoms. The highest BCUT2D eigenvalue weighted by molar-refractivity contribution is 5.95. The minimum absolute atomic E-state index is 0.0564. The quantitative estimate of drug-likeness (QED) is 0.942. The normalized spacial score (nSPS) is 18.8. The molecule has 1 amide bonds. The predicted octanol–water partition coefficient (Wildman–Crippen LogP) is 2.40. The van der Waals surface area contributed by atoms with E-state index in [9.17, 15) is 4.79 Å². The van der Waals surface area contributed by atoms with Crippen LogP contribution in [0.4, 0.5) is 0 Å². The Morgan fingerprint density at radius 1 is 1.08 bits per heavy atom. The zero-order valence-electron chi connectivity index (χ0n) is 13.6. The van der Waals surface area contributed by atoms with Crippen molar-refractivity contribution in [3.05, 3.63) is 59.2 Å². The SMILES string of the molecule is O=C(NC1(c2ncccn2)CCOCC1)c1ccc2c(c1)CCC2. The minimum atomic E-state index is -0.546. The van der Waals surface area contributed by atoms with Crippen LogP contribution in [0.15, 0.2) is 36.7 Å². The number of carbonyl (C=O) groups excluding carboxylic acids is 1. The van der Waals surface area contributed by atoms with Crippen LogP contribution in [0.1, 0.15) is 46.6 Å². The third kappa shape index (κ3) is 2.80. The average Bonchev–Trinajstić information content (AvgIpc) is 3.11. The second-order valence-electron chi connectivity index (χ2n) is 6.56. The van der Waals surface area contributed by atoms with Crippen molar-refractivity contribution in [3.8, 4) is 0 Å². The number of nitrogens with one attached hydrogen (secondary N) is 1. The van der Waals surface area contributed by atoms with E-state index >= 15 is 0 Å². The number of hydrogen-bond donors (Lipinski definition) is 1. The maximum Gasteiger partial charge on any atom is 0.252 e. The molecule has 5 nitrogen and oxygen atoms in total. The Morgan fingerprint density at radius 2 is 1.83 bits per heavy atom. The van der Waals surface area contributed by atoms with E-state index < -0.39 is 5.54 Å². The van der Waals surface area contributed by atoms with E-state index in [0.717, 1.165) is 18.4 Å². The molecule has 1 aliphatic carbocycles. The first kappa shape index (κ1) is 15.3. The number of carbonyl (C=O) groups is 1. The third-order valence-electron chi connectivity index (χ3n) is 5.05. The Balaban J connectivity index is 1.62. The highest BCUT2D eigenvalue weighted by Gasteiger charge is 2.38. The van der Waals surface area contributed by atoms with Gasteiger partial charge < -0.3 is 10.1 Å². The Labute approximate surface area is 141 Å². The number of amides is 1. The van der Waals surface area contributed by atoms with Gasteiger partial charge in [-0.1, -0.05) is 6.07 Å².